The summed E-state index contributed by atoms with van der Waals surface area (Å²) in [5.41, 5.74) is 0. The van der Waals surface area contributed by atoms with Gasteiger partial charge in [0.05, 0.1) is 0 Å². The Morgan fingerprint density at radius 2 is 1.50 bits per heavy atom. The van der Waals surface area contributed by atoms with Gasteiger partial charge in [0.1, 0.15) is 0 Å². The molecule has 1 fully saturated rings. The van der Waals surface area contributed by atoms with Crippen molar-refractivity contribution >= 4 is 11.8 Å². The molecule has 0 aromatic carbocycles. The van der Waals surface area contributed by atoms with E-state index in [2.05, 4.69) is 5.75 Å². The number of rotatable bonds is 0. The van der Waals surface area contributed by atoms with Gasteiger partial charge in [-0.2, -0.15) is 11.8 Å². The van der Waals surface area contributed by atoms with E-state index in [9.17, 15) is 0 Å². The number of hydrogen-bond acceptors (Lipinski definition) is 1. The minimum atomic E-state index is 1.21. The van der Waals surface area contributed by atoms with E-state index in [0.29, 0.717) is 0 Å². The summed E-state index contributed by atoms with van der Waals surface area (Å²) in [5.74, 6) is 4.68. The second kappa shape index (κ2) is 6.09. The van der Waals surface area contributed by atoms with Gasteiger partial charge in [0.15, 0.2) is 0 Å². The Hall–Kier alpha value is 0.350. The summed E-state index contributed by atoms with van der Waals surface area (Å²) >= 11 is 1.90. The number of hydrogen-bond donors (Lipinski definition) is 0. The Bertz CT molecular complexity index is 37.9. The standard InChI is InChI=1S/C9H16S/c1-2-4-6-8-10-9-7-5-3-1/h1-8H2. The van der Waals surface area contributed by atoms with Gasteiger partial charge >= 0.3 is 0 Å². The predicted octanol–water partition coefficient (Wildman–Crippen LogP) is 3.50. The van der Waals surface area contributed by atoms with Crippen LogP contribution >= 0.6 is 11.8 Å². The van der Waals surface area contributed by atoms with Crippen LogP contribution in [0.4, 0.5) is 0 Å². The van der Waals surface area contributed by atoms with Gasteiger partial charge in [-0.3, -0.25) is 0 Å². The summed E-state index contributed by atoms with van der Waals surface area (Å²) in [5, 5.41) is 0. The van der Waals surface area contributed by atoms with E-state index in [4.69, 9.17) is 0 Å². The molecular weight excluding hydrogens is 140 g/mol. The molecule has 1 saturated heterocycles. The first-order valence-electron chi connectivity index (χ1n) is 4.35. The van der Waals surface area contributed by atoms with Crippen LogP contribution in [0.25, 0.3) is 0 Å². The van der Waals surface area contributed by atoms with Gasteiger partial charge in [0.25, 0.3) is 0 Å². The lowest BCUT2D eigenvalue weighted by atomic mass is 10.1. The molecule has 2 radical (unpaired) electrons. The Morgan fingerprint density at radius 3 is 2.40 bits per heavy atom. The average Bonchev–Trinajstić information content (AvgIpc) is 2.01. The predicted molar refractivity (Wildman–Crippen MR) is 48.0 cm³/mol. The molecule has 10 heavy (non-hydrogen) atoms. The molecule has 0 aliphatic carbocycles. The van der Waals surface area contributed by atoms with Crippen molar-refractivity contribution in [2.24, 2.45) is 0 Å². The molecule has 0 aromatic heterocycles. The van der Waals surface area contributed by atoms with Crippen molar-refractivity contribution in [1.82, 2.24) is 0 Å². The SMILES string of the molecule is [C]1CCCCCCCCS1. The van der Waals surface area contributed by atoms with Crippen LogP contribution in [0.2, 0.25) is 0 Å². The topological polar surface area (TPSA) is 0 Å². The fraction of sp³-hybridized carbons (Fsp3) is 0.889. The highest BCUT2D eigenvalue weighted by atomic mass is 32.2. The molecule has 0 amide bonds. The van der Waals surface area contributed by atoms with Crippen molar-refractivity contribution in [2.75, 3.05) is 5.75 Å². The van der Waals surface area contributed by atoms with E-state index in [1.54, 1.807) is 0 Å². The molecule has 1 rings (SSSR count). The van der Waals surface area contributed by atoms with Gasteiger partial charge in [-0.25, -0.2) is 0 Å². The molecule has 1 aliphatic heterocycles. The van der Waals surface area contributed by atoms with Crippen molar-refractivity contribution in [3.05, 3.63) is 5.75 Å². The molecule has 0 nitrogen and oxygen atoms in total. The first-order valence-corrected chi connectivity index (χ1v) is 5.33. The van der Waals surface area contributed by atoms with Crippen LogP contribution in [-0.4, -0.2) is 5.75 Å². The molecule has 0 saturated carbocycles. The Balaban J connectivity index is 2.00. The second-order valence-electron chi connectivity index (χ2n) is 2.86. The summed E-state index contributed by atoms with van der Waals surface area (Å²) in [6.45, 7) is 0. The van der Waals surface area contributed by atoms with Crippen LogP contribution in [0, 0.1) is 5.75 Å². The molecule has 0 spiro atoms. The third-order valence-corrected chi connectivity index (χ3v) is 2.78. The highest BCUT2D eigenvalue weighted by Gasteiger charge is 1.96. The molecule has 1 heteroatoms. The van der Waals surface area contributed by atoms with Crippen molar-refractivity contribution in [1.29, 1.82) is 0 Å². The van der Waals surface area contributed by atoms with Crippen molar-refractivity contribution < 1.29 is 0 Å². The maximum atomic E-state index is 3.37. The first-order chi connectivity index (χ1) is 5.00. The molecule has 1 aliphatic rings. The Labute approximate surface area is 68.8 Å². The Morgan fingerprint density at radius 1 is 0.800 bits per heavy atom. The highest BCUT2D eigenvalue weighted by Crippen LogP contribution is 2.18. The van der Waals surface area contributed by atoms with Crippen LogP contribution in [0.3, 0.4) is 0 Å². The lowest BCUT2D eigenvalue weighted by molar-refractivity contribution is 0.608. The van der Waals surface area contributed by atoms with Gasteiger partial charge in [0.2, 0.25) is 0 Å². The average molecular weight is 156 g/mol. The largest absolute Gasteiger partial charge is 0.152 e. The maximum Gasteiger partial charge on any atom is 0.0481 e. The van der Waals surface area contributed by atoms with E-state index in [1.165, 1.54) is 50.7 Å². The zero-order chi connectivity index (χ0) is 7.07. The zero-order valence-electron chi connectivity index (χ0n) is 6.57. The third kappa shape index (κ3) is 4.21. The molecule has 0 atom stereocenters. The highest BCUT2D eigenvalue weighted by molar-refractivity contribution is 8.01. The summed E-state index contributed by atoms with van der Waals surface area (Å²) in [4.78, 5) is 0. The van der Waals surface area contributed by atoms with E-state index >= 15 is 0 Å². The van der Waals surface area contributed by atoms with Crippen LogP contribution in [0.5, 0.6) is 0 Å². The van der Waals surface area contributed by atoms with Gasteiger partial charge in [-0.15, -0.1) is 0 Å². The summed E-state index contributed by atoms with van der Waals surface area (Å²) in [7, 11) is 0. The van der Waals surface area contributed by atoms with Crippen molar-refractivity contribution in [2.45, 2.75) is 44.9 Å². The smallest absolute Gasteiger partial charge is 0.0481 e. The minimum Gasteiger partial charge on any atom is -0.152 e. The Kier molecular flexibility index (Phi) is 5.14. The lowest BCUT2D eigenvalue weighted by Gasteiger charge is -2.05. The first kappa shape index (κ1) is 8.45. The van der Waals surface area contributed by atoms with Gasteiger partial charge in [-0.05, 0) is 18.6 Å². The fourth-order valence-electron chi connectivity index (χ4n) is 1.22. The quantitative estimate of drug-likeness (QED) is 0.517. The molecule has 0 bridgehead atoms. The van der Waals surface area contributed by atoms with Crippen molar-refractivity contribution in [3.63, 3.8) is 0 Å². The minimum absolute atomic E-state index is 1.21. The van der Waals surface area contributed by atoms with E-state index in [-0.39, 0.29) is 0 Å². The van der Waals surface area contributed by atoms with Crippen LogP contribution in [-0.2, 0) is 0 Å². The van der Waals surface area contributed by atoms with Crippen LogP contribution in [0.1, 0.15) is 44.9 Å². The molecule has 0 aromatic rings. The van der Waals surface area contributed by atoms with E-state index in [1.807, 2.05) is 11.8 Å². The van der Waals surface area contributed by atoms with Gasteiger partial charge in [-0.1, -0.05) is 32.1 Å². The molecule has 0 N–H and O–H groups in total. The number of thioether (sulfide) groups is 1. The third-order valence-electron chi connectivity index (χ3n) is 1.88. The van der Waals surface area contributed by atoms with Gasteiger partial charge < -0.3 is 0 Å². The molecule has 1 heterocycles. The van der Waals surface area contributed by atoms with Gasteiger partial charge in [0, 0.05) is 5.75 Å². The maximum absolute atomic E-state index is 3.37. The fourth-order valence-corrected chi connectivity index (χ4v) is 2.00. The van der Waals surface area contributed by atoms with Crippen LogP contribution in [0.15, 0.2) is 0 Å². The summed E-state index contributed by atoms with van der Waals surface area (Å²) in [6.07, 6.45) is 9.75. The molecule has 58 valence electrons. The lowest BCUT2D eigenvalue weighted by Crippen LogP contribution is -1.86. The van der Waals surface area contributed by atoms with E-state index in [0.717, 1.165) is 0 Å². The molecular formula is C9H16S. The summed E-state index contributed by atoms with van der Waals surface area (Å²) in [6, 6.07) is 0. The second-order valence-corrected chi connectivity index (χ2v) is 3.85. The van der Waals surface area contributed by atoms with Crippen LogP contribution < -0.4 is 0 Å². The monoisotopic (exact) mass is 156 g/mol. The van der Waals surface area contributed by atoms with E-state index < -0.39 is 0 Å². The summed E-state index contributed by atoms with van der Waals surface area (Å²) < 4.78 is 0. The molecule has 0 unspecified atom stereocenters. The normalized spacial score (nSPS) is 24.0. The van der Waals surface area contributed by atoms with Crippen molar-refractivity contribution in [3.8, 4) is 0 Å². The zero-order valence-corrected chi connectivity index (χ0v) is 7.38.